The van der Waals surface area contributed by atoms with Gasteiger partial charge >= 0.3 is 11.8 Å². The molecule has 4 rings (SSSR count). The molecule has 1 fully saturated rings. The normalized spacial score (nSPS) is 22.2. The molecular weight excluding hydrogens is 508 g/mol. The smallest absolute Gasteiger partial charge is 0.313 e. The van der Waals surface area contributed by atoms with Gasteiger partial charge in [0, 0.05) is 35.8 Å². The second-order valence-corrected chi connectivity index (χ2v) is 10.9. The Bertz CT molecular complexity index is 1500. The number of para-hydroxylation sites is 1. The van der Waals surface area contributed by atoms with E-state index in [9.17, 15) is 33.2 Å². The van der Waals surface area contributed by atoms with E-state index in [4.69, 9.17) is 4.11 Å². The minimum Gasteiger partial charge on any atom is -0.325 e. The molecule has 0 radical (unpaired) electrons. The Kier molecular flexibility index (Phi) is 6.15. The number of nitriles is 1. The average Bonchev–Trinajstić information content (AvgIpc) is 3.41. The highest BCUT2D eigenvalue weighted by Crippen LogP contribution is 2.46. The van der Waals surface area contributed by atoms with Crippen LogP contribution in [0.25, 0.3) is 0 Å². The Balaban J connectivity index is 1.72. The first kappa shape index (κ1) is 23.8. The highest BCUT2D eigenvalue weighted by atomic mass is 19.1. The van der Waals surface area contributed by atoms with Crippen molar-refractivity contribution in [1.29, 1.82) is 5.26 Å². The molecular formula is C28H29F2N5O4. The maximum atomic E-state index is 14.2. The number of nitrogens with one attached hydrogen (secondary N) is 2. The Morgan fingerprint density at radius 1 is 1.28 bits per heavy atom. The highest BCUT2D eigenvalue weighted by molar-refractivity contribution is 6.39. The summed E-state index contributed by atoms with van der Waals surface area (Å²) in [5.41, 5.74) is -1.49. The Labute approximate surface area is 229 Å². The van der Waals surface area contributed by atoms with Crippen LogP contribution in [0.5, 0.6) is 0 Å². The first-order valence-electron chi connectivity index (χ1n) is 13.7. The molecule has 2 aromatic carbocycles. The molecule has 2 heterocycles. The number of nitrogens with zero attached hydrogens (tertiary/aromatic N) is 3. The first-order valence-corrected chi connectivity index (χ1v) is 12.2. The molecule has 0 saturated carbocycles. The van der Waals surface area contributed by atoms with E-state index >= 15 is 0 Å². The van der Waals surface area contributed by atoms with Gasteiger partial charge in [0.25, 0.3) is 0 Å². The predicted molar refractivity (Wildman–Crippen MR) is 138 cm³/mol. The molecule has 2 N–H and O–H groups in total. The SMILES string of the molecule is [2H]C([2H])([2H])N(C(=O)C(=O)Nc1ccc(F)cc1F)[C@@H](CC(C)(C)C)C(=O)N1C[C@]2(C[C@H]1C#N)C(=O)Nc1ccccc12. The Morgan fingerprint density at radius 2 is 2.00 bits per heavy atom. The number of carbonyl (C=O) groups is 4. The van der Waals surface area contributed by atoms with Gasteiger partial charge < -0.3 is 20.4 Å². The van der Waals surface area contributed by atoms with Crippen molar-refractivity contribution in [3.63, 3.8) is 0 Å². The second kappa shape index (κ2) is 10.1. The number of anilines is 2. The lowest BCUT2D eigenvalue weighted by Crippen LogP contribution is -2.54. The molecule has 2 aliphatic rings. The van der Waals surface area contributed by atoms with Gasteiger partial charge in [-0.15, -0.1) is 0 Å². The van der Waals surface area contributed by atoms with Crippen molar-refractivity contribution in [2.24, 2.45) is 5.41 Å². The number of benzene rings is 2. The van der Waals surface area contributed by atoms with E-state index in [1.807, 2.05) is 11.4 Å². The molecule has 0 unspecified atom stereocenters. The van der Waals surface area contributed by atoms with Crippen LogP contribution in [0.2, 0.25) is 0 Å². The second-order valence-electron chi connectivity index (χ2n) is 10.9. The zero-order valence-electron chi connectivity index (χ0n) is 24.5. The van der Waals surface area contributed by atoms with Crippen molar-refractivity contribution in [2.45, 2.75) is 51.1 Å². The lowest BCUT2D eigenvalue weighted by Gasteiger charge is -2.35. The molecule has 4 amide bonds. The summed E-state index contributed by atoms with van der Waals surface area (Å²) in [6.45, 7) is 1.49. The number of carbonyl (C=O) groups excluding carboxylic acids is 4. The van der Waals surface area contributed by atoms with Gasteiger partial charge in [-0.2, -0.15) is 5.26 Å². The van der Waals surface area contributed by atoms with E-state index in [0.29, 0.717) is 17.3 Å². The number of fused-ring (bicyclic) bond motifs is 2. The summed E-state index contributed by atoms with van der Waals surface area (Å²) in [6, 6.07) is 8.10. The van der Waals surface area contributed by atoms with Gasteiger partial charge in [-0.25, -0.2) is 8.78 Å². The minimum atomic E-state index is -3.32. The molecule has 2 aliphatic heterocycles. The highest BCUT2D eigenvalue weighted by Gasteiger charge is 2.57. The van der Waals surface area contributed by atoms with Gasteiger partial charge in [-0.05, 0) is 35.6 Å². The third-order valence-corrected chi connectivity index (χ3v) is 6.91. The topological polar surface area (TPSA) is 123 Å². The number of likely N-dealkylation sites (N-methyl/N-ethyl adjacent to an activating group) is 1. The molecule has 2 aromatic rings. The molecule has 0 bridgehead atoms. The van der Waals surface area contributed by atoms with Gasteiger partial charge in [-0.3, -0.25) is 19.2 Å². The number of amides is 4. The maximum absolute atomic E-state index is 14.2. The van der Waals surface area contributed by atoms with Crippen molar-refractivity contribution >= 4 is 35.0 Å². The van der Waals surface area contributed by atoms with Gasteiger partial charge in [0.1, 0.15) is 23.7 Å². The van der Waals surface area contributed by atoms with Crippen molar-refractivity contribution in [3.05, 3.63) is 59.7 Å². The van der Waals surface area contributed by atoms with Gasteiger partial charge in [0.15, 0.2) is 0 Å². The van der Waals surface area contributed by atoms with Crippen LogP contribution in [-0.4, -0.2) is 59.0 Å². The summed E-state index contributed by atoms with van der Waals surface area (Å²) < 4.78 is 51.7. The summed E-state index contributed by atoms with van der Waals surface area (Å²) in [5, 5.41) is 14.7. The van der Waals surface area contributed by atoms with Crippen LogP contribution in [0.1, 0.15) is 43.3 Å². The molecule has 39 heavy (non-hydrogen) atoms. The third-order valence-electron chi connectivity index (χ3n) is 6.91. The zero-order chi connectivity index (χ0) is 31.2. The molecule has 9 nitrogen and oxygen atoms in total. The molecule has 11 heteroatoms. The van der Waals surface area contributed by atoms with Crippen LogP contribution in [-0.2, 0) is 24.6 Å². The monoisotopic (exact) mass is 540 g/mol. The van der Waals surface area contributed by atoms with Crippen molar-refractivity contribution in [1.82, 2.24) is 9.80 Å². The van der Waals surface area contributed by atoms with Gasteiger partial charge in [0.05, 0.1) is 17.2 Å². The van der Waals surface area contributed by atoms with Gasteiger partial charge in [-0.1, -0.05) is 39.0 Å². The van der Waals surface area contributed by atoms with E-state index in [1.165, 1.54) is 0 Å². The molecule has 204 valence electrons. The number of hydrogen-bond donors (Lipinski definition) is 2. The zero-order valence-corrected chi connectivity index (χ0v) is 21.5. The third kappa shape index (κ3) is 5.19. The van der Waals surface area contributed by atoms with Crippen LogP contribution >= 0.6 is 0 Å². The van der Waals surface area contributed by atoms with Crippen molar-refractivity contribution in [2.75, 3.05) is 24.2 Å². The fourth-order valence-corrected chi connectivity index (χ4v) is 5.06. The average molecular weight is 541 g/mol. The predicted octanol–water partition coefficient (Wildman–Crippen LogP) is 3.18. The Hall–Kier alpha value is -4.33. The fourth-order valence-electron chi connectivity index (χ4n) is 5.06. The van der Waals surface area contributed by atoms with Crippen LogP contribution < -0.4 is 10.6 Å². The first-order chi connectivity index (χ1) is 19.5. The van der Waals surface area contributed by atoms with E-state index in [1.54, 1.807) is 45.0 Å². The van der Waals surface area contributed by atoms with Crippen LogP contribution in [0.15, 0.2) is 42.5 Å². The standard InChI is InChI=1S/C28H29F2N5O4/c1-27(2,3)13-22(34(4)25(38)23(36)32-21-10-9-16(29)11-19(21)30)24(37)35-15-28(12-17(35)14-31)18-7-5-6-8-20(18)33-26(28)39/h5-11,17,22H,12-13,15H2,1-4H3,(H,32,36)(H,33,39)/t17-,22-,28-/m0/s1/i4D3. The van der Waals surface area contributed by atoms with Crippen molar-refractivity contribution < 1.29 is 32.1 Å². The quantitative estimate of drug-likeness (QED) is 0.577. The molecule has 3 atom stereocenters. The summed E-state index contributed by atoms with van der Waals surface area (Å²) >= 11 is 0. The van der Waals surface area contributed by atoms with Crippen LogP contribution in [0, 0.1) is 28.4 Å². The van der Waals surface area contributed by atoms with E-state index < -0.39 is 70.8 Å². The lowest BCUT2D eigenvalue weighted by atomic mass is 9.80. The lowest BCUT2D eigenvalue weighted by molar-refractivity contribution is -0.150. The summed E-state index contributed by atoms with van der Waals surface area (Å²) in [5.74, 6) is -6.72. The van der Waals surface area contributed by atoms with Gasteiger partial charge in [0.2, 0.25) is 11.8 Å². The number of hydrogen-bond acceptors (Lipinski definition) is 5. The van der Waals surface area contributed by atoms with E-state index in [2.05, 4.69) is 5.32 Å². The number of rotatable bonds is 4. The van der Waals surface area contributed by atoms with E-state index in [0.717, 1.165) is 17.0 Å². The van der Waals surface area contributed by atoms with Crippen LogP contribution in [0.3, 0.4) is 0 Å². The number of halogens is 2. The molecule has 0 aliphatic carbocycles. The summed E-state index contributed by atoms with van der Waals surface area (Å²) in [7, 11) is 0. The molecule has 1 spiro atoms. The van der Waals surface area contributed by atoms with Crippen molar-refractivity contribution in [3.8, 4) is 6.07 Å². The van der Waals surface area contributed by atoms with E-state index in [-0.39, 0.29) is 24.3 Å². The maximum Gasteiger partial charge on any atom is 0.313 e. The fraction of sp³-hybridized carbons (Fsp3) is 0.393. The largest absolute Gasteiger partial charge is 0.325 e. The molecule has 1 saturated heterocycles. The molecule has 0 aromatic heterocycles. The Morgan fingerprint density at radius 3 is 2.64 bits per heavy atom. The minimum absolute atomic E-state index is 0.0631. The summed E-state index contributed by atoms with van der Waals surface area (Å²) in [6.07, 6.45) is -0.301. The number of likely N-dealkylation sites (tertiary alicyclic amines) is 1. The van der Waals surface area contributed by atoms with Crippen LogP contribution in [0.4, 0.5) is 20.2 Å². The summed E-state index contributed by atoms with van der Waals surface area (Å²) in [4.78, 5) is 54.9.